The zero-order valence-corrected chi connectivity index (χ0v) is 36.3. The maximum Gasteiger partial charge on any atom is 0.309 e. The Morgan fingerprint density at radius 1 is 0.875 bits per heavy atom. The van der Waals surface area contributed by atoms with Gasteiger partial charge < -0.3 is 24.2 Å². The summed E-state index contributed by atoms with van der Waals surface area (Å²) in [5.41, 5.74) is 1.52. The lowest BCUT2D eigenvalue weighted by Crippen LogP contribution is -2.66. The van der Waals surface area contributed by atoms with Crippen molar-refractivity contribution in [2.24, 2.45) is 69.0 Å². The van der Waals surface area contributed by atoms with E-state index in [0.717, 1.165) is 76.1 Å². The average Bonchev–Trinajstić information content (AvgIpc) is 3.90. The fourth-order valence-electron chi connectivity index (χ4n) is 15.4. The number of nitrogens with zero attached hydrogens (tertiary/aromatic N) is 4. The molecule has 1 aromatic heterocycles. The molecule has 6 saturated carbocycles. The van der Waals surface area contributed by atoms with Crippen LogP contribution in [0, 0.1) is 69.0 Å². The number of amides is 1. The molecule has 312 valence electrons. The van der Waals surface area contributed by atoms with Crippen molar-refractivity contribution in [2.75, 3.05) is 27.2 Å². The Morgan fingerprint density at radius 2 is 1.64 bits per heavy atom. The molecule has 14 atom stereocenters. The molecule has 1 N–H and O–H groups in total. The number of imidazole rings is 1. The highest BCUT2D eigenvalue weighted by molar-refractivity contribution is 5.84. The summed E-state index contributed by atoms with van der Waals surface area (Å²) in [4.78, 5) is 50.1. The van der Waals surface area contributed by atoms with Gasteiger partial charge in [-0.15, -0.1) is 0 Å². The van der Waals surface area contributed by atoms with Crippen LogP contribution in [0.1, 0.15) is 162 Å². The van der Waals surface area contributed by atoms with E-state index in [-0.39, 0.29) is 51.6 Å². The third-order valence-corrected chi connectivity index (χ3v) is 19.0. The Morgan fingerprint density at radius 3 is 2.34 bits per heavy atom. The molecule has 9 nitrogen and oxygen atoms in total. The van der Waals surface area contributed by atoms with Crippen LogP contribution in [0.4, 0.5) is 0 Å². The zero-order chi connectivity index (χ0) is 40.1. The summed E-state index contributed by atoms with van der Waals surface area (Å²) in [7, 11) is 4.26. The quantitative estimate of drug-likeness (QED) is 0.250. The SMILES string of the molecule is CC(C)c1cn(CCN(C)C)c(C2CCCN2C(=O)C23CCCC2C2CCC4C5(C)CCC(OC(=O)C6CC(C(=O)O)C6C)C(C)C5CCC4(C)[C@]2(C)CC3)n1. The number of likely N-dealkylation sites (tertiary alicyclic amines) is 1. The second kappa shape index (κ2) is 14.4. The number of hydrogen-bond acceptors (Lipinski definition) is 6. The van der Waals surface area contributed by atoms with E-state index in [9.17, 15) is 14.7 Å². The number of carbonyl (C=O) groups excluding carboxylic acids is 2. The number of fused-ring (bicyclic) bond motifs is 7. The fourth-order valence-corrected chi connectivity index (χ4v) is 15.4. The summed E-state index contributed by atoms with van der Waals surface area (Å²) in [6.07, 6.45) is 17.1. The van der Waals surface area contributed by atoms with Crippen LogP contribution >= 0.6 is 0 Å². The Labute approximate surface area is 337 Å². The van der Waals surface area contributed by atoms with Crippen molar-refractivity contribution >= 4 is 17.8 Å². The van der Waals surface area contributed by atoms with Crippen LogP contribution < -0.4 is 0 Å². The second-order valence-electron chi connectivity index (χ2n) is 21.7. The largest absolute Gasteiger partial charge is 0.481 e. The number of rotatable bonds is 9. The Kier molecular flexibility index (Phi) is 10.4. The molecule has 1 aromatic rings. The van der Waals surface area contributed by atoms with Crippen LogP contribution in [0.2, 0.25) is 0 Å². The van der Waals surface area contributed by atoms with Gasteiger partial charge in [0.25, 0.3) is 0 Å². The topological polar surface area (TPSA) is 105 Å². The molecule has 8 rings (SSSR count). The smallest absolute Gasteiger partial charge is 0.309 e. The second-order valence-corrected chi connectivity index (χ2v) is 21.7. The maximum atomic E-state index is 15.4. The van der Waals surface area contributed by atoms with Crippen molar-refractivity contribution in [1.82, 2.24) is 19.4 Å². The molecule has 7 fully saturated rings. The van der Waals surface area contributed by atoms with Crippen LogP contribution in [0.25, 0.3) is 0 Å². The number of carboxylic acids is 1. The van der Waals surface area contributed by atoms with E-state index >= 15 is 4.79 Å². The molecule has 7 aliphatic rings. The predicted octanol–water partition coefficient (Wildman–Crippen LogP) is 8.97. The van der Waals surface area contributed by atoms with Gasteiger partial charge in [0.2, 0.25) is 5.91 Å². The number of likely N-dealkylation sites (N-methyl/N-ethyl adjacent to an activating group) is 1. The van der Waals surface area contributed by atoms with Gasteiger partial charge >= 0.3 is 11.9 Å². The molecule has 0 bridgehead atoms. The zero-order valence-electron chi connectivity index (χ0n) is 36.3. The van der Waals surface area contributed by atoms with Gasteiger partial charge in [0.05, 0.1) is 29.0 Å². The van der Waals surface area contributed by atoms with E-state index in [1.807, 2.05) is 6.92 Å². The van der Waals surface area contributed by atoms with Gasteiger partial charge in [0.15, 0.2) is 0 Å². The first kappa shape index (κ1) is 40.4. The van der Waals surface area contributed by atoms with Gasteiger partial charge in [-0.05, 0) is 155 Å². The van der Waals surface area contributed by atoms with Gasteiger partial charge in [-0.1, -0.05) is 54.9 Å². The summed E-state index contributed by atoms with van der Waals surface area (Å²) in [6, 6.07) is 0.0692. The Balaban J connectivity index is 0.997. The molecular weight excluding hydrogens is 701 g/mol. The number of ether oxygens (including phenoxy) is 1. The summed E-state index contributed by atoms with van der Waals surface area (Å²) in [6.45, 7) is 19.3. The molecule has 1 amide bonds. The molecule has 56 heavy (non-hydrogen) atoms. The van der Waals surface area contributed by atoms with E-state index in [0.29, 0.717) is 47.8 Å². The molecule has 6 aliphatic carbocycles. The monoisotopic (exact) mass is 775 g/mol. The first-order valence-electron chi connectivity index (χ1n) is 22.9. The first-order chi connectivity index (χ1) is 26.5. The molecule has 2 heterocycles. The number of carboxylic acid groups (broad SMARTS) is 1. The number of esters is 1. The fraction of sp³-hybridized carbons (Fsp3) is 0.872. The number of aromatic nitrogens is 2. The molecule has 1 aliphatic heterocycles. The Bertz CT molecular complexity index is 1690. The van der Waals surface area contributed by atoms with Crippen LogP contribution in [0.5, 0.6) is 0 Å². The standard InChI is InChI=1S/C47H74N4O5/c1-28(2)36-27-50(25-24-49(8)9)40(48-36)37-13-11-23-51(37)43(55)47-18-10-12-35(47)34-14-15-39-44(5)19-17-38(56-42(54)32-26-31(29(32)3)41(52)53)30(4)33(44)16-20-46(39,7)45(34,6)21-22-47/h27-35,37-39H,10-26H2,1-9H3,(H,52,53)/t29?,30?,31?,32?,33?,34?,35?,37?,38?,39?,44?,45-,46?,47?/m1/s1. The minimum absolute atomic E-state index is 0.0692. The van der Waals surface area contributed by atoms with Crippen LogP contribution in [-0.2, 0) is 25.7 Å². The number of carbonyl (C=O) groups is 3. The van der Waals surface area contributed by atoms with Crippen molar-refractivity contribution < 1.29 is 24.2 Å². The van der Waals surface area contributed by atoms with Gasteiger partial charge in [0.1, 0.15) is 11.9 Å². The van der Waals surface area contributed by atoms with Crippen molar-refractivity contribution in [3.8, 4) is 0 Å². The third kappa shape index (κ3) is 5.98. The van der Waals surface area contributed by atoms with Gasteiger partial charge in [-0.25, -0.2) is 4.98 Å². The normalized spacial score (nSPS) is 44.4. The number of aliphatic carboxylic acids is 1. The van der Waals surface area contributed by atoms with E-state index < -0.39 is 11.9 Å². The van der Waals surface area contributed by atoms with Crippen LogP contribution in [0.3, 0.4) is 0 Å². The van der Waals surface area contributed by atoms with Gasteiger partial charge in [-0.2, -0.15) is 0 Å². The van der Waals surface area contributed by atoms with E-state index in [4.69, 9.17) is 9.72 Å². The molecule has 13 unspecified atom stereocenters. The van der Waals surface area contributed by atoms with Crippen molar-refractivity contribution in [2.45, 2.75) is 163 Å². The minimum Gasteiger partial charge on any atom is -0.481 e. The first-order valence-corrected chi connectivity index (χ1v) is 22.9. The predicted molar refractivity (Wildman–Crippen MR) is 217 cm³/mol. The van der Waals surface area contributed by atoms with Crippen LogP contribution in [0.15, 0.2) is 6.20 Å². The van der Waals surface area contributed by atoms with Crippen molar-refractivity contribution in [3.05, 3.63) is 17.7 Å². The highest BCUT2D eigenvalue weighted by atomic mass is 16.5. The Hall–Kier alpha value is -2.42. The summed E-state index contributed by atoms with van der Waals surface area (Å²) >= 11 is 0. The van der Waals surface area contributed by atoms with Crippen molar-refractivity contribution in [3.63, 3.8) is 0 Å². The van der Waals surface area contributed by atoms with Gasteiger partial charge in [-0.3, -0.25) is 14.4 Å². The lowest BCUT2D eigenvalue weighted by molar-refractivity contribution is -0.236. The van der Waals surface area contributed by atoms with Crippen molar-refractivity contribution in [1.29, 1.82) is 0 Å². The highest BCUT2D eigenvalue weighted by Gasteiger charge is 2.70. The molecule has 0 aromatic carbocycles. The third-order valence-electron chi connectivity index (χ3n) is 19.0. The molecular formula is C47H74N4O5. The molecule has 0 spiro atoms. The molecule has 0 radical (unpaired) electrons. The summed E-state index contributed by atoms with van der Waals surface area (Å²) < 4.78 is 8.66. The lowest BCUT2D eigenvalue weighted by atomic mass is 9.33. The van der Waals surface area contributed by atoms with Crippen LogP contribution in [-0.4, -0.2) is 75.6 Å². The summed E-state index contributed by atoms with van der Waals surface area (Å²) in [5.74, 6) is 2.56. The molecule has 1 saturated heterocycles. The van der Waals surface area contributed by atoms with E-state index in [1.165, 1.54) is 38.5 Å². The van der Waals surface area contributed by atoms with E-state index in [1.54, 1.807) is 0 Å². The highest BCUT2D eigenvalue weighted by Crippen LogP contribution is 2.76. The summed E-state index contributed by atoms with van der Waals surface area (Å²) in [5, 5.41) is 9.48. The van der Waals surface area contributed by atoms with Gasteiger partial charge in [0, 0.05) is 25.8 Å². The maximum absolute atomic E-state index is 15.4. The molecule has 9 heteroatoms. The number of hydrogen-bond donors (Lipinski definition) is 1. The minimum atomic E-state index is -0.796. The van der Waals surface area contributed by atoms with E-state index in [2.05, 4.69) is 76.2 Å². The lowest BCUT2D eigenvalue weighted by Gasteiger charge is -2.71. The average molecular weight is 775 g/mol.